The smallest absolute Gasteiger partial charge is 0.355 e. The molecule has 0 spiro atoms. The Kier molecular flexibility index (Phi) is 4.82. The number of ether oxygens (including phenoxy) is 1. The Labute approximate surface area is 86.1 Å². The fraction of sp³-hybridized carbons (Fsp3) is 0.400. The van der Waals surface area contributed by atoms with Gasteiger partial charge in [-0.25, -0.2) is 0 Å². The number of hydrogen-bond donors (Lipinski definition) is 1. The van der Waals surface area contributed by atoms with E-state index in [0.717, 1.165) is 11.6 Å². The molecule has 0 aliphatic carbocycles. The highest BCUT2D eigenvalue weighted by Crippen LogP contribution is 2.00. The zero-order valence-corrected chi connectivity index (χ0v) is 9.67. The molecule has 4 heteroatoms. The van der Waals surface area contributed by atoms with Crippen LogP contribution in [0.25, 0.3) is 0 Å². The van der Waals surface area contributed by atoms with Crippen LogP contribution in [0.1, 0.15) is 13.3 Å². The normalized spacial score (nSPS) is 15.1. The average Bonchev–Trinajstić information content (AvgIpc) is 2.26. The van der Waals surface area contributed by atoms with Crippen molar-refractivity contribution >= 4 is 14.5 Å². The van der Waals surface area contributed by atoms with Gasteiger partial charge in [0.15, 0.2) is 0 Å². The number of methoxy groups -OCH3 is 1. The lowest BCUT2D eigenvalue weighted by atomic mass is 10.4. The molecule has 1 rings (SSSR count). The fourth-order valence-electron chi connectivity index (χ4n) is 1.16. The van der Waals surface area contributed by atoms with Crippen LogP contribution in [0.3, 0.4) is 0 Å². The third-order valence-corrected chi connectivity index (χ3v) is 3.48. The fourth-order valence-corrected chi connectivity index (χ4v) is 2.46. The molecule has 0 aromatic heterocycles. The van der Waals surface area contributed by atoms with Gasteiger partial charge >= 0.3 is 9.28 Å². The van der Waals surface area contributed by atoms with Crippen LogP contribution in [0.2, 0.25) is 0 Å². The van der Waals surface area contributed by atoms with Crippen molar-refractivity contribution in [3.8, 4) is 0 Å². The molecule has 0 aliphatic rings. The van der Waals surface area contributed by atoms with Gasteiger partial charge < -0.3 is 14.0 Å². The topological polar surface area (TPSA) is 38.7 Å². The molecule has 0 heterocycles. The summed E-state index contributed by atoms with van der Waals surface area (Å²) >= 11 is 0. The molecule has 1 N–H and O–H groups in total. The zero-order chi connectivity index (χ0) is 10.4. The van der Waals surface area contributed by atoms with E-state index >= 15 is 0 Å². The summed E-state index contributed by atoms with van der Waals surface area (Å²) < 4.78 is 10.5. The highest BCUT2D eigenvalue weighted by Gasteiger charge is 2.16. The zero-order valence-electron chi connectivity index (χ0n) is 8.51. The summed E-state index contributed by atoms with van der Waals surface area (Å²) in [5.41, 5.74) is 0. The SMILES string of the molecule is CCC(OC)O[SiH](O)c1ccccc1. The quantitative estimate of drug-likeness (QED) is 0.571. The first-order valence-electron chi connectivity index (χ1n) is 4.69. The van der Waals surface area contributed by atoms with Crippen molar-refractivity contribution < 1.29 is 14.0 Å². The van der Waals surface area contributed by atoms with Crippen LogP contribution >= 0.6 is 0 Å². The van der Waals surface area contributed by atoms with Crippen molar-refractivity contribution in [1.29, 1.82) is 0 Å². The van der Waals surface area contributed by atoms with E-state index in [0.29, 0.717) is 0 Å². The van der Waals surface area contributed by atoms with Gasteiger partial charge in [0.05, 0.1) is 0 Å². The molecule has 78 valence electrons. The average molecular weight is 212 g/mol. The van der Waals surface area contributed by atoms with Crippen molar-refractivity contribution in [2.24, 2.45) is 0 Å². The Balaban J connectivity index is 2.54. The molecule has 1 aromatic carbocycles. The van der Waals surface area contributed by atoms with E-state index in [1.165, 1.54) is 0 Å². The lowest BCUT2D eigenvalue weighted by Gasteiger charge is -2.17. The van der Waals surface area contributed by atoms with Gasteiger partial charge in [0.1, 0.15) is 6.29 Å². The molecule has 14 heavy (non-hydrogen) atoms. The monoisotopic (exact) mass is 212 g/mol. The van der Waals surface area contributed by atoms with E-state index in [9.17, 15) is 4.80 Å². The lowest BCUT2D eigenvalue weighted by molar-refractivity contribution is -0.0646. The minimum absolute atomic E-state index is 0.295. The number of benzene rings is 1. The maximum absolute atomic E-state index is 9.79. The molecule has 2 atom stereocenters. The molecule has 0 aliphatic heterocycles. The van der Waals surface area contributed by atoms with E-state index in [4.69, 9.17) is 9.16 Å². The molecule has 0 fully saturated rings. The van der Waals surface area contributed by atoms with Crippen LogP contribution in [0.5, 0.6) is 0 Å². The number of rotatable bonds is 5. The summed E-state index contributed by atoms with van der Waals surface area (Å²) in [4.78, 5) is 9.79. The Bertz CT molecular complexity index is 249. The first-order valence-corrected chi connectivity index (χ1v) is 6.25. The molecule has 0 radical (unpaired) electrons. The molecular weight excluding hydrogens is 196 g/mol. The molecule has 3 nitrogen and oxygen atoms in total. The third-order valence-electron chi connectivity index (χ3n) is 1.96. The summed E-state index contributed by atoms with van der Waals surface area (Å²) in [6.07, 6.45) is 0.449. The van der Waals surface area contributed by atoms with Gasteiger partial charge in [-0.2, -0.15) is 0 Å². The molecular formula is C10H16O3Si. The highest BCUT2D eigenvalue weighted by atomic mass is 28.3. The molecule has 0 amide bonds. The predicted molar refractivity (Wildman–Crippen MR) is 57.6 cm³/mol. The summed E-state index contributed by atoms with van der Waals surface area (Å²) in [6.45, 7) is 1.96. The van der Waals surface area contributed by atoms with Gasteiger partial charge in [-0.3, -0.25) is 0 Å². The summed E-state index contributed by atoms with van der Waals surface area (Å²) in [7, 11) is -0.695. The minimum Gasteiger partial charge on any atom is -0.410 e. The van der Waals surface area contributed by atoms with Crippen LogP contribution in [0, 0.1) is 0 Å². The van der Waals surface area contributed by atoms with Crippen molar-refractivity contribution in [1.82, 2.24) is 0 Å². The Morgan fingerprint density at radius 2 is 2.00 bits per heavy atom. The summed E-state index contributed by atoms with van der Waals surface area (Å²) in [5, 5.41) is 0.878. The Morgan fingerprint density at radius 1 is 1.36 bits per heavy atom. The van der Waals surface area contributed by atoms with E-state index in [1.54, 1.807) is 7.11 Å². The molecule has 2 unspecified atom stereocenters. The van der Waals surface area contributed by atoms with Gasteiger partial charge in [0, 0.05) is 7.11 Å². The van der Waals surface area contributed by atoms with E-state index in [2.05, 4.69) is 0 Å². The largest absolute Gasteiger partial charge is 0.410 e. The Hall–Kier alpha value is -0.683. The first kappa shape index (κ1) is 11.4. The van der Waals surface area contributed by atoms with E-state index in [-0.39, 0.29) is 6.29 Å². The van der Waals surface area contributed by atoms with Crippen molar-refractivity contribution in [3.05, 3.63) is 30.3 Å². The van der Waals surface area contributed by atoms with Crippen LogP contribution in [-0.2, 0) is 9.16 Å². The van der Waals surface area contributed by atoms with E-state index in [1.807, 2.05) is 37.3 Å². The van der Waals surface area contributed by atoms with Crippen LogP contribution in [0.4, 0.5) is 0 Å². The van der Waals surface area contributed by atoms with Gasteiger partial charge in [-0.05, 0) is 11.6 Å². The summed E-state index contributed by atoms with van der Waals surface area (Å²) in [5.74, 6) is 0. The van der Waals surface area contributed by atoms with Gasteiger partial charge in [0.2, 0.25) is 0 Å². The second kappa shape index (κ2) is 5.92. The second-order valence-electron chi connectivity index (χ2n) is 2.97. The van der Waals surface area contributed by atoms with Crippen molar-refractivity contribution in [2.75, 3.05) is 7.11 Å². The van der Waals surface area contributed by atoms with Crippen molar-refractivity contribution in [3.63, 3.8) is 0 Å². The third kappa shape index (κ3) is 3.23. The lowest BCUT2D eigenvalue weighted by Crippen LogP contribution is -2.37. The van der Waals surface area contributed by atoms with Crippen LogP contribution < -0.4 is 5.19 Å². The van der Waals surface area contributed by atoms with Gasteiger partial charge in [-0.1, -0.05) is 37.3 Å². The molecule has 0 saturated heterocycles. The maximum Gasteiger partial charge on any atom is 0.355 e. The van der Waals surface area contributed by atoms with Crippen LogP contribution in [0.15, 0.2) is 30.3 Å². The van der Waals surface area contributed by atoms with Gasteiger partial charge in [0.25, 0.3) is 0 Å². The first-order chi connectivity index (χ1) is 6.77. The standard InChI is InChI=1S/C10H16O3Si/c1-3-10(12-2)13-14(11)9-7-5-4-6-8-9/h4-8,10-11,14H,3H2,1-2H3. The minimum atomic E-state index is -2.28. The van der Waals surface area contributed by atoms with Gasteiger partial charge in [-0.15, -0.1) is 0 Å². The molecule has 0 saturated carbocycles. The van der Waals surface area contributed by atoms with E-state index < -0.39 is 9.28 Å². The Morgan fingerprint density at radius 3 is 2.50 bits per heavy atom. The maximum atomic E-state index is 9.79. The predicted octanol–water partition coefficient (Wildman–Crippen LogP) is 0.505. The highest BCUT2D eigenvalue weighted by molar-refractivity contribution is 6.59. The number of hydrogen-bond acceptors (Lipinski definition) is 3. The molecule has 0 bridgehead atoms. The van der Waals surface area contributed by atoms with Crippen LogP contribution in [-0.4, -0.2) is 27.5 Å². The second-order valence-corrected chi connectivity index (χ2v) is 4.62. The molecule has 1 aromatic rings. The van der Waals surface area contributed by atoms with Crippen molar-refractivity contribution in [2.45, 2.75) is 19.6 Å². The summed E-state index contributed by atoms with van der Waals surface area (Å²) in [6, 6.07) is 9.45.